The van der Waals surface area contributed by atoms with E-state index in [0.29, 0.717) is 12.2 Å². The van der Waals surface area contributed by atoms with Gasteiger partial charge < -0.3 is 9.84 Å². The number of aromatic hydroxyl groups is 1. The number of phenols is 1. The normalized spacial score (nSPS) is 11.4. The molecule has 0 heterocycles. The highest BCUT2D eigenvalue weighted by Crippen LogP contribution is 2.15. The minimum absolute atomic E-state index is 0.0768. The lowest BCUT2D eigenvalue weighted by molar-refractivity contribution is 0.104. The van der Waals surface area contributed by atoms with Crippen LogP contribution < -0.4 is 4.74 Å². The highest BCUT2D eigenvalue weighted by atomic mass is 16.5. The summed E-state index contributed by atoms with van der Waals surface area (Å²) in [7, 11) is 0. The van der Waals surface area contributed by atoms with Crippen LogP contribution in [0.2, 0.25) is 0 Å². The van der Waals surface area contributed by atoms with Crippen molar-refractivity contribution in [2.24, 2.45) is 0 Å². The summed E-state index contributed by atoms with van der Waals surface area (Å²) in [5.74, 6) is 0.864. The summed E-state index contributed by atoms with van der Waals surface area (Å²) in [6, 6.07) is 13.8. The van der Waals surface area contributed by atoms with E-state index in [9.17, 15) is 9.90 Å². The predicted octanol–water partition coefficient (Wildman–Crippen LogP) is 5.97. The van der Waals surface area contributed by atoms with Crippen molar-refractivity contribution in [3.63, 3.8) is 0 Å². The van der Waals surface area contributed by atoms with Crippen LogP contribution in [0, 0.1) is 0 Å². The molecule has 2 aromatic rings. The Hall–Kier alpha value is -3.07. The van der Waals surface area contributed by atoms with Gasteiger partial charge in [-0.25, -0.2) is 0 Å². The van der Waals surface area contributed by atoms with Gasteiger partial charge in [-0.2, -0.15) is 0 Å². The van der Waals surface area contributed by atoms with Crippen molar-refractivity contribution >= 4 is 11.9 Å². The number of carbonyl (C=O) groups excluding carboxylic acids is 1. The maximum absolute atomic E-state index is 12.2. The molecule has 0 saturated carbocycles. The molecule has 0 amide bonds. The van der Waals surface area contributed by atoms with E-state index in [4.69, 9.17) is 4.74 Å². The van der Waals surface area contributed by atoms with Gasteiger partial charge in [-0.3, -0.25) is 4.79 Å². The van der Waals surface area contributed by atoms with Crippen LogP contribution in [0.25, 0.3) is 6.08 Å². The summed E-state index contributed by atoms with van der Waals surface area (Å²) in [6.07, 6.45) is 8.45. The fourth-order valence-corrected chi connectivity index (χ4v) is 2.30. The van der Waals surface area contributed by atoms with Crippen LogP contribution in [0.15, 0.2) is 77.9 Å². The van der Waals surface area contributed by atoms with Crippen LogP contribution in [0.5, 0.6) is 11.5 Å². The number of ketones is 1. The van der Waals surface area contributed by atoms with Crippen LogP contribution in [0.4, 0.5) is 0 Å². The van der Waals surface area contributed by atoms with Gasteiger partial charge in [0.1, 0.15) is 18.1 Å². The predicted molar refractivity (Wildman–Crippen MR) is 111 cm³/mol. The fraction of sp³-hybridized carbons (Fsp3) is 0.208. The van der Waals surface area contributed by atoms with E-state index in [1.54, 1.807) is 54.6 Å². The lowest BCUT2D eigenvalue weighted by Crippen LogP contribution is -1.97. The topological polar surface area (TPSA) is 46.5 Å². The first kappa shape index (κ1) is 20.2. The Kier molecular flexibility index (Phi) is 7.63. The van der Waals surface area contributed by atoms with Crippen LogP contribution in [0.3, 0.4) is 0 Å². The quantitative estimate of drug-likeness (QED) is 0.357. The molecule has 3 nitrogen and oxygen atoms in total. The molecule has 0 saturated heterocycles. The number of ether oxygens (including phenoxy) is 1. The van der Waals surface area contributed by atoms with E-state index >= 15 is 0 Å². The number of carbonyl (C=O) groups is 1. The highest BCUT2D eigenvalue weighted by molar-refractivity contribution is 6.06. The third-order valence-electron chi connectivity index (χ3n) is 3.97. The molecule has 0 fully saturated rings. The Morgan fingerprint density at radius 2 is 1.63 bits per heavy atom. The summed E-state index contributed by atoms with van der Waals surface area (Å²) in [6.45, 7) is 6.78. The molecular formula is C24H26O3. The van der Waals surface area contributed by atoms with E-state index < -0.39 is 0 Å². The van der Waals surface area contributed by atoms with Gasteiger partial charge in [0.2, 0.25) is 0 Å². The van der Waals surface area contributed by atoms with Gasteiger partial charge in [0.15, 0.2) is 5.78 Å². The standard InChI is InChI=1S/C24H26O3/c1-18(2)4-5-19(3)16-17-27-23-13-9-21(10-14-23)24(26)15-8-20-6-11-22(25)12-7-20/h4,6-16,25H,5,17H2,1-3H3. The SMILES string of the molecule is CC(C)=CCC(C)=CCOc1ccc(C(=O)C=Cc2ccc(O)cc2)cc1. The lowest BCUT2D eigenvalue weighted by Gasteiger charge is -2.05. The van der Waals surface area contributed by atoms with Crippen molar-refractivity contribution in [3.05, 3.63) is 89.0 Å². The summed E-state index contributed by atoms with van der Waals surface area (Å²) < 4.78 is 5.71. The molecule has 2 aromatic carbocycles. The van der Waals surface area contributed by atoms with Gasteiger partial charge in [-0.05, 0) is 81.3 Å². The summed E-state index contributed by atoms with van der Waals surface area (Å²) in [5, 5.41) is 9.27. The van der Waals surface area contributed by atoms with Crippen molar-refractivity contribution in [1.82, 2.24) is 0 Å². The molecule has 0 aliphatic heterocycles. The smallest absolute Gasteiger partial charge is 0.185 e. The van der Waals surface area contributed by atoms with Crippen molar-refractivity contribution in [2.45, 2.75) is 27.2 Å². The second-order valence-electron chi connectivity index (χ2n) is 6.66. The highest BCUT2D eigenvalue weighted by Gasteiger charge is 2.02. The number of phenolic OH excluding ortho intramolecular Hbond substituents is 1. The van der Waals surface area contributed by atoms with Crippen LogP contribution in [-0.2, 0) is 0 Å². The average molecular weight is 362 g/mol. The lowest BCUT2D eigenvalue weighted by atomic mass is 10.1. The molecule has 27 heavy (non-hydrogen) atoms. The van der Waals surface area contributed by atoms with Crippen molar-refractivity contribution < 1.29 is 14.6 Å². The van der Waals surface area contributed by atoms with Gasteiger partial charge in [0.25, 0.3) is 0 Å². The zero-order valence-corrected chi connectivity index (χ0v) is 16.1. The molecular weight excluding hydrogens is 336 g/mol. The first-order valence-corrected chi connectivity index (χ1v) is 8.97. The number of allylic oxidation sites excluding steroid dienone is 4. The maximum atomic E-state index is 12.2. The van der Waals surface area contributed by atoms with E-state index in [1.807, 2.05) is 0 Å². The van der Waals surface area contributed by atoms with Crippen LogP contribution in [-0.4, -0.2) is 17.5 Å². The largest absolute Gasteiger partial charge is 0.508 e. The van der Waals surface area contributed by atoms with Crippen LogP contribution in [0.1, 0.15) is 43.1 Å². The van der Waals surface area contributed by atoms with Crippen molar-refractivity contribution in [3.8, 4) is 11.5 Å². The Labute approximate surface area is 161 Å². The second-order valence-corrected chi connectivity index (χ2v) is 6.66. The molecule has 0 bridgehead atoms. The Morgan fingerprint density at radius 3 is 2.26 bits per heavy atom. The summed E-state index contributed by atoms with van der Waals surface area (Å²) >= 11 is 0. The van der Waals surface area contributed by atoms with E-state index in [0.717, 1.165) is 17.7 Å². The molecule has 140 valence electrons. The Bertz CT molecular complexity index is 834. The van der Waals surface area contributed by atoms with Gasteiger partial charge in [-0.15, -0.1) is 0 Å². The number of rotatable bonds is 8. The Morgan fingerprint density at radius 1 is 0.963 bits per heavy atom. The molecule has 0 spiro atoms. The molecule has 0 aliphatic carbocycles. The first-order valence-electron chi connectivity index (χ1n) is 8.97. The van der Waals surface area contributed by atoms with Crippen molar-refractivity contribution in [2.75, 3.05) is 6.61 Å². The number of hydrogen-bond donors (Lipinski definition) is 1. The van der Waals surface area contributed by atoms with Gasteiger partial charge in [0, 0.05) is 5.56 Å². The average Bonchev–Trinajstić information content (AvgIpc) is 2.66. The van der Waals surface area contributed by atoms with E-state index in [2.05, 4.69) is 32.9 Å². The zero-order chi connectivity index (χ0) is 19.6. The minimum atomic E-state index is -0.0768. The molecule has 0 aliphatic rings. The first-order chi connectivity index (χ1) is 12.9. The fourth-order valence-electron chi connectivity index (χ4n) is 2.30. The maximum Gasteiger partial charge on any atom is 0.185 e. The molecule has 1 N–H and O–H groups in total. The number of hydrogen-bond acceptors (Lipinski definition) is 3. The van der Waals surface area contributed by atoms with Gasteiger partial charge >= 0.3 is 0 Å². The molecule has 0 radical (unpaired) electrons. The van der Waals surface area contributed by atoms with Crippen molar-refractivity contribution in [1.29, 1.82) is 0 Å². The van der Waals surface area contributed by atoms with E-state index in [1.165, 1.54) is 17.2 Å². The Balaban J connectivity index is 1.88. The molecule has 0 unspecified atom stereocenters. The van der Waals surface area contributed by atoms with Crippen LogP contribution >= 0.6 is 0 Å². The van der Waals surface area contributed by atoms with E-state index in [-0.39, 0.29) is 11.5 Å². The third-order valence-corrected chi connectivity index (χ3v) is 3.97. The van der Waals surface area contributed by atoms with Gasteiger partial charge in [-0.1, -0.05) is 35.4 Å². The monoisotopic (exact) mass is 362 g/mol. The van der Waals surface area contributed by atoms with Gasteiger partial charge in [0.05, 0.1) is 0 Å². The third kappa shape index (κ3) is 7.37. The summed E-state index contributed by atoms with van der Waals surface area (Å²) in [4.78, 5) is 12.2. The molecule has 3 heteroatoms. The number of benzene rings is 2. The molecule has 0 aromatic heterocycles. The second kappa shape index (κ2) is 10.2. The molecule has 2 rings (SSSR count). The zero-order valence-electron chi connectivity index (χ0n) is 16.1. The molecule has 0 atom stereocenters. The summed E-state index contributed by atoms with van der Waals surface area (Å²) in [5.41, 5.74) is 4.04. The minimum Gasteiger partial charge on any atom is -0.508 e.